The number of aromatic nitrogens is 2. The third kappa shape index (κ3) is 3.09. The number of carbonyl (C=O) groups is 2. The van der Waals surface area contributed by atoms with Crippen LogP contribution in [0.1, 0.15) is 33.4 Å². The number of alkyl halides is 3. The van der Waals surface area contributed by atoms with Crippen molar-refractivity contribution in [2.75, 3.05) is 13.7 Å². The van der Waals surface area contributed by atoms with Gasteiger partial charge in [0.1, 0.15) is 12.5 Å². The highest BCUT2D eigenvalue weighted by molar-refractivity contribution is 6.00. The molecule has 2 atom stereocenters. The van der Waals surface area contributed by atoms with E-state index in [4.69, 9.17) is 4.74 Å². The van der Waals surface area contributed by atoms with Gasteiger partial charge in [-0.3, -0.25) is 14.7 Å². The van der Waals surface area contributed by atoms with Crippen LogP contribution in [-0.4, -0.2) is 46.8 Å². The largest absolute Gasteiger partial charge is 0.468 e. The van der Waals surface area contributed by atoms with Gasteiger partial charge in [-0.1, -0.05) is 18.2 Å². The number of hydrogen-bond donors (Lipinski definition) is 1. The molecule has 0 saturated heterocycles. The predicted octanol–water partition coefficient (Wildman–Crippen LogP) is 2.43. The molecule has 1 aromatic carbocycles. The molecule has 2 unspecified atom stereocenters. The minimum Gasteiger partial charge on any atom is -0.468 e. The molecule has 132 valence electrons. The highest BCUT2D eigenvalue weighted by atomic mass is 19.4. The van der Waals surface area contributed by atoms with Gasteiger partial charge in [-0.2, -0.15) is 18.3 Å². The first kappa shape index (κ1) is 17.0. The molecule has 1 amide bonds. The Bertz CT molecular complexity index is 789. The maximum Gasteiger partial charge on any atom is 0.406 e. The molecule has 1 aromatic heterocycles. The Morgan fingerprint density at radius 2 is 2.08 bits per heavy atom. The Kier molecular flexibility index (Phi) is 4.23. The van der Waals surface area contributed by atoms with Gasteiger partial charge in [0.25, 0.3) is 5.91 Å². The molecule has 9 heteroatoms. The summed E-state index contributed by atoms with van der Waals surface area (Å²) in [7, 11) is 1.15. The van der Waals surface area contributed by atoms with E-state index >= 15 is 0 Å². The van der Waals surface area contributed by atoms with Crippen LogP contribution in [-0.2, 0) is 9.53 Å². The quantitative estimate of drug-likeness (QED) is 0.860. The number of carbonyl (C=O) groups excluding carboxylic acids is 2. The van der Waals surface area contributed by atoms with Crippen molar-refractivity contribution in [2.45, 2.75) is 18.1 Å². The fraction of sp³-hybridized carbons (Fsp3) is 0.312. The van der Waals surface area contributed by atoms with E-state index in [0.29, 0.717) is 16.0 Å². The van der Waals surface area contributed by atoms with Gasteiger partial charge in [0, 0.05) is 17.3 Å². The van der Waals surface area contributed by atoms with Gasteiger partial charge in [-0.05, 0) is 11.6 Å². The van der Waals surface area contributed by atoms with Crippen molar-refractivity contribution < 1.29 is 27.5 Å². The average Bonchev–Trinajstić information content (AvgIpc) is 3.09. The number of benzene rings is 1. The van der Waals surface area contributed by atoms with E-state index in [9.17, 15) is 22.8 Å². The summed E-state index contributed by atoms with van der Waals surface area (Å²) in [5, 5.41) is 6.24. The summed E-state index contributed by atoms with van der Waals surface area (Å²) in [6.07, 6.45) is -1.96. The molecule has 25 heavy (non-hydrogen) atoms. The van der Waals surface area contributed by atoms with Crippen molar-refractivity contribution in [3.8, 4) is 0 Å². The van der Waals surface area contributed by atoms with Gasteiger partial charge in [0.2, 0.25) is 0 Å². The average molecular weight is 353 g/mol. The zero-order chi connectivity index (χ0) is 18.2. The second-order valence-corrected chi connectivity index (χ2v) is 5.61. The Morgan fingerprint density at radius 3 is 2.68 bits per heavy atom. The summed E-state index contributed by atoms with van der Waals surface area (Å²) in [4.78, 5) is 25.7. The molecule has 6 nitrogen and oxygen atoms in total. The Balaban J connectivity index is 2.20. The number of esters is 1. The number of hydrogen-bond acceptors (Lipinski definition) is 4. The highest BCUT2D eigenvalue weighted by Gasteiger charge is 2.48. The van der Waals surface area contributed by atoms with Crippen LogP contribution >= 0.6 is 0 Å². The van der Waals surface area contributed by atoms with Crippen LogP contribution in [0.3, 0.4) is 0 Å². The molecule has 0 saturated carbocycles. The van der Waals surface area contributed by atoms with E-state index in [-0.39, 0.29) is 5.56 Å². The number of rotatable bonds is 3. The third-order valence-corrected chi connectivity index (χ3v) is 4.10. The third-order valence-electron chi connectivity index (χ3n) is 4.10. The van der Waals surface area contributed by atoms with Gasteiger partial charge in [0.15, 0.2) is 0 Å². The Hall–Kier alpha value is -2.84. The smallest absolute Gasteiger partial charge is 0.406 e. The zero-order valence-corrected chi connectivity index (χ0v) is 13.1. The molecule has 0 radical (unpaired) electrons. The predicted molar refractivity (Wildman–Crippen MR) is 79.6 cm³/mol. The Labute approximate surface area is 140 Å². The number of H-pyrrole nitrogens is 1. The van der Waals surface area contributed by atoms with Crippen LogP contribution < -0.4 is 0 Å². The molecule has 2 heterocycles. The summed E-state index contributed by atoms with van der Waals surface area (Å²) in [6.45, 7) is -1.48. The number of nitrogens with zero attached hydrogens (tertiary/aromatic N) is 2. The maximum atomic E-state index is 13.1. The van der Waals surface area contributed by atoms with Crippen LogP contribution in [0.5, 0.6) is 0 Å². The maximum absolute atomic E-state index is 13.1. The van der Waals surface area contributed by atoms with E-state index in [2.05, 4.69) is 10.2 Å². The highest BCUT2D eigenvalue weighted by Crippen LogP contribution is 2.44. The molecule has 1 aliphatic heterocycles. The first-order chi connectivity index (χ1) is 11.8. The first-order valence-electron chi connectivity index (χ1n) is 7.36. The zero-order valence-electron chi connectivity index (χ0n) is 13.1. The number of halogens is 3. The SMILES string of the molecule is COC(=O)C1c2ccccc2C(=O)N(CC(F)(F)F)C1c1cn[nH]c1. The van der Waals surface area contributed by atoms with Crippen LogP contribution in [0.15, 0.2) is 36.7 Å². The van der Waals surface area contributed by atoms with E-state index in [1.165, 1.54) is 24.5 Å². The molecule has 0 bridgehead atoms. The van der Waals surface area contributed by atoms with Gasteiger partial charge >= 0.3 is 12.1 Å². The molecular weight excluding hydrogens is 339 g/mol. The van der Waals surface area contributed by atoms with Gasteiger partial charge in [-0.25, -0.2) is 0 Å². The number of ether oxygens (including phenoxy) is 1. The Morgan fingerprint density at radius 1 is 1.36 bits per heavy atom. The molecule has 1 aliphatic rings. The van der Waals surface area contributed by atoms with Crippen molar-refractivity contribution in [3.05, 3.63) is 53.3 Å². The summed E-state index contributed by atoms with van der Waals surface area (Å²) >= 11 is 0. The topological polar surface area (TPSA) is 75.3 Å². The lowest BCUT2D eigenvalue weighted by Crippen LogP contribution is -2.48. The number of aromatic amines is 1. The van der Waals surface area contributed by atoms with Gasteiger partial charge < -0.3 is 9.64 Å². The number of amides is 1. The van der Waals surface area contributed by atoms with Crippen molar-refractivity contribution >= 4 is 11.9 Å². The van der Waals surface area contributed by atoms with E-state index in [0.717, 1.165) is 7.11 Å². The first-order valence-corrected chi connectivity index (χ1v) is 7.36. The van der Waals surface area contributed by atoms with E-state index in [1.807, 2.05) is 0 Å². The van der Waals surface area contributed by atoms with Crippen molar-refractivity contribution in [3.63, 3.8) is 0 Å². The summed E-state index contributed by atoms with van der Waals surface area (Å²) in [5.74, 6) is -2.60. The standard InChI is InChI=1S/C16H14F3N3O3/c1-25-15(24)12-10-4-2-3-5-11(10)14(23)22(8-16(17,18)19)13(12)9-6-20-21-7-9/h2-7,12-13H,8H2,1H3,(H,20,21). The molecule has 1 N–H and O–H groups in total. The lowest BCUT2D eigenvalue weighted by molar-refractivity contribution is -0.154. The van der Waals surface area contributed by atoms with Crippen molar-refractivity contribution in [1.82, 2.24) is 15.1 Å². The van der Waals surface area contributed by atoms with Crippen molar-refractivity contribution in [1.29, 1.82) is 0 Å². The van der Waals surface area contributed by atoms with Crippen LogP contribution in [0.25, 0.3) is 0 Å². The minimum atomic E-state index is -4.62. The normalized spacial score (nSPS) is 20.3. The summed E-state index contributed by atoms with van der Waals surface area (Å²) in [5.41, 5.74) is 0.688. The molecule has 3 rings (SSSR count). The van der Waals surface area contributed by atoms with E-state index in [1.54, 1.807) is 12.1 Å². The van der Waals surface area contributed by atoms with E-state index < -0.39 is 36.6 Å². The molecule has 2 aromatic rings. The van der Waals surface area contributed by atoms with Gasteiger partial charge in [-0.15, -0.1) is 0 Å². The molecule has 0 fully saturated rings. The number of fused-ring (bicyclic) bond motifs is 1. The minimum absolute atomic E-state index is 0.0573. The monoisotopic (exact) mass is 353 g/mol. The van der Waals surface area contributed by atoms with Crippen LogP contribution in [0.2, 0.25) is 0 Å². The lowest BCUT2D eigenvalue weighted by atomic mass is 9.80. The fourth-order valence-electron chi connectivity index (χ4n) is 3.14. The van der Waals surface area contributed by atoms with Gasteiger partial charge in [0.05, 0.1) is 19.3 Å². The van der Waals surface area contributed by atoms with Crippen molar-refractivity contribution in [2.24, 2.45) is 0 Å². The molecular formula is C16H14F3N3O3. The number of methoxy groups -OCH3 is 1. The van der Waals surface area contributed by atoms with Crippen LogP contribution in [0, 0.1) is 0 Å². The molecule has 0 aliphatic carbocycles. The lowest BCUT2D eigenvalue weighted by Gasteiger charge is -2.40. The second kappa shape index (κ2) is 6.23. The summed E-state index contributed by atoms with van der Waals surface area (Å²) in [6, 6.07) is 4.94. The summed E-state index contributed by atoms with van der Waals surface area (Å²) < 4.78 is 44.0. The number of nitrogens with one attached hydrogen (secondary N) is 1. The fourth-order valence-corrected chi connectivity index (χ4v) is 3.14. The molecule has 0 spiro atoms. The second-order valence-electron chi connectivity index (χ2n) is 5.61. The van der Waals surface area contributed by atoms with Crippen LogP contribution in [0.4, 0.5) is 13.2 Å².